The molecule has 0 radical (unpaired) electrons. The number of nitrogens with two attached hydrogens (primary N) is 1. The molecule has 1 aromatic carbocycles. The Morgan fingerprint density at radius 1 is 1.18 bits per heavy atom. The minimum atomic E-state index is -0.775. The van der Waals surface area contributed by atoms with Gasteiger partial charge in [-0.15, -0.1) is 0 Å². The summed E-state index contributed by atoms with van der Waals surface area (Å²) in [6.07, 6.45) is 3.46. The van der Waals surface area contributed by atoms with Crippen molar-refractivity contribution >= 4 is 0 Å². The zero-order valence-electron chi connectivity index (χ0n) is 10.4. The molecule has 0 aliphatic heterocycles. The van der Waals surface area contributed by atoms with Crippen molar-refractivity contribution in [3.8, 4) is 0 Å². The normalized spacial score (nSPS) is 18.9. The van der Waals surface area contributed by atoms with Gasteiger partial charge < -0.3 is 5.73 Å². The Bertz CT molecular complexity index is 420. The molecule has 1 aromatic rings. The summed E-state index contributed by atoms with van der Waals surface area (Å²) in [5.41, 5.74) is 6.72. The second kappa shape index (κ2) is 4.37. The highest BCUT2D eigenvalue weighted by Crippen LogP contribution is 2.39. The molecule has 2 rings (SSSR count). The van der Waals surface area contributed by atoms with Gasteiger partial charge in [-0.3, -0.25) is 0 Å². The van der Waals surface area contributed by atoms with Crippen molar-refractivity contribution in [3.05, 3.63) is 34.9 Å². The Morgan fingerprint density at radius 3 is 2.29 bits per heavy atom. The highest BCUT2D eigenvalue weighted by atomic mass is 19.2. The minimum absolute atomic E-state index is 0.175. The van der Waals surface area contributed by atoms with Gasteiger partial charge >= 0.3 is 0 Å². The summed E-state index contributed by atoms with van der Waals surface area (Å²) in [6.45, 7) is 3.93. The van der Waals surface area contributed by atoms with Crippen LogP contribution in [0.25, 0.3) is 0 Å². The Labute approximate surface area is 101 Å². The van der Waals surface area contributed by atoms with E-state index in [0.29, 0.717) is 5.56 Å². The SMILES string of the molecule is CC(C)c1cc(F)c(F)c(C2(N)CCCC2)c1. The van der Waals surface area contributed by atoms with Crippen molar-refractivity contribution in [2.45, 2.75) is 51.0 Å². The highest BCUT2D eigenvalue weighted by molar-refractivity contribution is 5.34. The topological polar surface area (TPSA) is 26.0 Å². The van der Waals surface area contributed by atoms with Gasteiger partial charge in [0.2, 0.25) is 0 Å². The van der Waals surface area contributed by atoms with Gasteiger partial charge in [-0.1, -0.05) is 32.8 Å². The maximum Gasteiger partial charge on any atom is 0.163 e. The van der Waals surface area contributed by atoms with Crippen LogP contribution >= 0.6 is 0 Å². The fourth-order valence-electron chi connectivity index (χ4n) is 2.58. The Kier molecular flexibility index (Phi) is 3.21. The van der Waals surface area contributed by atoms with Crippen LogP contribution in [0.2, 0.25) is 0 Å². The second-order valence-electron chi connectivity index (χ2n) is 5.38. The molecule has 0 saturated heterocycles. The van der Waals surface area contributed by atoms with Gasteiger partial charge in [0.25, 0.3) is 0 Å². The molecule has 2 N–H and O–H groups in total. The van der Waals surface area contributed by atoms with E-state index < -0.39 is 17.2 Å². The Morgan fingerprint density at radius 2 is 1.76 bits per heavy atom. The van der Waals surface area contributed by atoms with E-state index in [1.807, 2.05) is 13.8 Å². The first-order valence-corrected chi connectivity index (χ1v) is 6.22. The molecule has 17 heavy (non-hydrogen) atoms. The van der Waals surface area contributed by atoms with Crippen LogP contribution in [0.1, 0.15) is 56.6 Å². The third kappa shape index (κ3) is 2.21. The third-order valence-corrected chi connectivity index (χ3v) is 3.75. The van der Waals surface area contributed by atoms with Crippen LogP contribution in [0.5, 0.6) is 0 Å². The maximum atomic E-state index is 13.9. The maximum absolute atomic E-state index is 13.9. The summed E-state index contributed by atoms with van der Waals surface area (Å²) >= 11 is 0. The first-order valence-electron chi connectivity index (χ1n) is 6.22. The molecule has 94 valence electrons. The van der Waals surface area contributed by atoms with Crippen LogP contribution in [-0.4, -0.2) is 0 Å². The molecule has 1 nitrogen and oxygen atoms in total. The highest BCUT2D eigenvalue weighted by Gasteiger charge is 2.35. The van der Waals surface area contributed by atoms with E-state index in [9.17, 15) is 8.78 Å². The summed E-state index contributed by atoms with van der Waals surface area (Å²) in [7, 11) is 0. The van der Waals surface area contributed by atoms with E-state index >= 15 is 0 Å². The van der Waals surface area contributed by atoms with Crippen LogP contribution in [0.3, 0.4) is 0 Å². The third-order valence-electron chi connectivity index (χ3n) is 3.75. The van der Waals surface area contributed by atoms with Crippen molar-refractivity contribution in [2.75, 3.05) is 0 Å². The fraction of sp³-hybridized carbons (Fsp3) is 0.571. The first kappa shape index (κ1) is 12.5. The molecule has 0 amide bonds. The first-order chi connectivity index (χ1) is 7.94. The molecule has 0 unspecified atom stereocenters. The van der Waals surface area contributed by atoms with E-state index in [0.717, 1.165) is 31.2 Å². The van der Waals surface area contributed by atoms with Gasteiger partial charge in [0, 0.05) is 11.1 Å². The predicted molar refractivity (Wildman–Crippen MR) is 64.8 cm³/mol. The summed E-state index contributed by atoms with van der Waals surface area (Å²) in [6, 6.07) is 3.02. The average molecular weight is 239 g/mol. The van der Waals surface area contributed by atoms with E-state index in [1.54, 1.807) is 6.07 Å². The summed E-state index contributed by atoms with van der Waals surface area (Å²) in [5.74, 6) is -1.37. The molecule has 0 bridgehead atoms. The zero-order chi connectivity index (χ0) is 12.6. The summed E-state index contributed by atoms with van der Waals surface area (Å²) < 4.78 is 27.5. The van der Waals surface area contributed by atoms with Gasteiger partial charge in [0.05, 0.1) is 0 Å². The van der Waals surface area contributed by atoms with E-state index in [4.69, 9.17) is 5.73 Å². The van der Waals surface area contributed by atoms with Gasteiger partial charge in [-0.2, -0.15) is 0 Å². The molecule has 0 aromatic heterocycles. The quantitative estimate of drug-likeness (QED) is 0.834. The lowest BCUT2D eigenvalue weighted by Crippen LogP contribution is -2.34. The number of hydrogen-bond acceptors (Lipinski definition) is 1. The average Bonchev–Trinajstić information content (AvgIpc) is 2.69. The summed E-state index contributed by atoms with van der Waals surface area (Å²) in [4.78, 5) is 0. The number of rotatable bonds is 2. The van der Waals surface area contributed by atoms with Crippen LogP contribution < -0.4 is 5.73 Å². The van der Waals surface area contributed by atoms with Crippen molar-refractivity contribution in [3.63, 3.8) is 0 Å². The largest absolute Gasteiger partial charge is 0.321 e. The molecule has 0 heterocycles. The minimum Gasteiger partial charge on any atom is -0.321 e. The molecule has 1 saturated carbocycles. The van der Waals surface area contributed by atoms with E-state index in [-0.39, 0.29) is 5.92 Å². The monoisotopic (exact) mass is 239 g/mol. The molecule has 1 aliphatic carbocycles. The molecule has 1 fully saturated rings. The second-order valence-corrected chi connectivity index (χ2v) is 5.38. The van der Waals surface area contributed by atoms with E-state index in [2.05, 4.69) is 0 Å². The Hall–Kier alpha value is -0.960. The molecular formula is C14H19F2N. The summed E-state index contributed by atoms with van der Waals surface area (Å²) in [5, 5.41) is 0. The van der Waals surface area contributed by atoms with Gasteiger partial charge in [-0.25, -0.2) is 8.78 Å². The van der Waals surface area contributed by atoms with Gasteiger partial charge in [-0.05, 0) is 30.4 Å². The van der Waals surface area contributed by atoms with Crippen molar-refractivity contribution in [2.24, 2.45) is 5.73 Å². The van der Waals surface area contributed by atoms with Gasteiger partial charge in [0.15, 0.2) is 11.6 Å². The molecule has 1 aliphatic rings. The number of halogens is 2. The van der Waals surface area contributed by atoms with Crippen molar-refractivity contribution in [1.29, 1.82) is 0 Å². The van der Waals surface area contributed by atoms with Gasteiger partial charge in [0.1, 0.15) is 0 Å². The standard InChI is InChI=1S/C14H19F2N/c1-9(2)10-7-11(13(16)12(15)8-10)14(17)5-3-4-6-14/h7-9H,3-6,17H2,1-2H3. The fourth-order valence-corrected chi connectivity index (χ4v) is 2.58. The lowest BCUT2D eigenvalue weighted by molar-refractivity contribution is 0.411. The Balaban J connectivity index is 2.52. The van der Waals surface area contributed by atoms with E-state index in [1.165, 1.54) is 6.07 Å². The molecule has 3 heteroatoms. The molecular weight excluding hydrogens is 220 g/mol. The lowest BCUT2D eigenvalue weighted by Gasteiger charge is -2.26. The molecule has 0 spiro atoms. The van der Waals surface area contributed by atoms with Crippen LogP contribution in [0.15, 0.2) is 12.1 Å². The lowest BCUT2D eigenvalue weighted by atomic mass is 9.86. The van der Waals surface area contributed by atoms with Crippen LogP contribution in [-0.2, 0) is 5.54 Å². The number of benzene rings is 1. The predicted octanol–water partition coefficient (Wildman–Crippen LogP) is 3.82. The molecule has 0 atom stereocenters. The van der Waals surface area contributed by atoms with Crippen LogP contribution in [0, 0.1) is 11.6 Å². The smallest absolute Gasteiger partial charge is 0.163 e. The van der Waals surface area contributed by atoms with Crippen molar-refractivity contribution in [1.82, 2.24) is 0 Å². The van der Waals surface area contributed by atoms with Crippen LogP contribution in [0.4, 0.5) is 8.78 Å². The number of hydrogen-bond donors (Lipinski definition) is 1. The van der Waals surface area contributed by atoms with Crippen molar-refractivity contribution < 1.29 is 8.78 Å². The zero-order valence-corrected chi connectivity index (χ0v) is 10.4.